The molecule has 38 heteroatoms. The summed E-state index contributed by atoms with van der Waals surface area (Å²) in [6.07, 6.45) is -59.6. The summed E-state index contributed by atoms with van der Waals surface area (Å²) in [6, 6.07) is -4.62. The van der Waals surface area contributed by atoms with Crippen molar-refractivity contribution in [3.8, 4) is 0 Å². The highest BCUT2D eigenvalue weighted by molar-refractivity contribution is 5.74. The summed E-state index contributed by atoms with van der Waals surface area (Å²) < 4.78 is 75.9. The molecule has 7 saturated heterocycles. The van der Waals surface area contributed by atoms with Gasteiger partial charge in [0.15, 0.2) is 37.7 Å². The van der Waals surface area contributed by atoms with E-state index < -0.39 is 272 Å². The molecule has 38 nitrogen and oxygen atoms in total. The molecule has 7 heterocycles. The van der Waals surface area contributed by atoms with Gasteiger partial charge in [0.2, 0.25) is 17.7 Å². The minimum atomic E-state index is -2.31. The standard InChI is InChI=1S/C48H81N3O35/c1-12(58)49-15-10-74-19(7-55)38(25(15)61)82-43-23(50-13(2)59)30(66)40(21(9-57)79-43)84-47-37(73)41(85-46-36(72)33(69)27(63)17(5-53)77-46)29(65)22(81-47)11-75-48-42(34(70)28(64)18(6-54)78-48)86-44-24(51-14(3)60)31(67)39(20(8-56)80-44)83-45-35(71)32(68)26(62)16(4-52)76-45/h15-48,52-57,61-73H,4-11H2,1-3H3,(H,49,58)(H,50,59)(H,51,60)/t15-,16+,17+,18+,19+,20+,21+,22+,23+,24+,25+,26-,27+,28+,29+,30+,31+,32-,33-,34-,35+,36-,37-,38+,39+,40+,41-,42-,43+,44-,45-,46+,47-,48-/m0/s1. The van der Waals surface area contributed by atoms with Gasteiger partial charge in [0.25, 0.3) is 0 Å². The van der Waals surface area contributed by atoms with Gasteiger partial charge in [-0.05, 0) is 0 Å². The molecule has 86 heavy (non-hydrogen) atoms. The van der Waals surface area contributed by atoms with E-state index in [9.17, 15) is 111 Å². The number of carbonyl (C=O) groups is 3. The number of aliphatic hydroxyl groups excluding tert-OH is 19. The Morgan fingerprint density at radius 1 is 0.337 bits per heavy atom. The van der Waals surface area contributed by atoms with Crippen molar-refractivity contribution in [1.29, 1.82) is 0 Å². The molecule has 7 aliphatic rings. The Hall–Kier alpha value is -2.87. The van der Waals surface area contributed by atoms with Crippen molar-refractivity contribution in [3.63, 3.8) is 0 Å². The van der Waals surface area contributed by atoms with E-state index in [1.54, 1.807) is 0 Å². The molecule has 0 radical (unpaired) electrons. The monoisotopic (exact) mass is 1260 g/mol. The molecular formula is C48H81N3O35. The average molecular weight is 1260 g/mol. The van der Waals surface area contributed by atoms with Gasteiger partial charge in [-0.3, -0.25) is 14.4 Å². The molecule has 7 aliphatic heterocycles. The summed E-state index contributed by atoms with van der Waals surface area (Å²) in [5, 5.41) is 214. The van der Waals surface area contributed by atoms with Crippen LogP contribution in [-0.4, -0.2) is 376 Å². The summed E-state index contributed by atoms with van der Waals surface area (Å²) >= 11 is 0. The third-order valence-electron chi connectivity index (χ3n) is 15.7. The highest BCUT2D eigenvalue weighted by Gasteiger charge is 2.58. The summed E-state index contributed by atoms with van der Waals surface area (Å²) in [5.74, 6) is -2.27. The Morgan fingerprint density at radius 3 is 1.12 bits per heavy atom. The van der Waals surface area contributed by atoms with Crippen LogP contribution in [0, 0.1) is 0 Å². The van der Waals surface area contributed by atoms with E-state index in [2.05, 4.69) is 16.0 Å². The molecule has 0 unspecified atom stereocenters. The minimum absolute atomic E-state index is 0.281. The zero-order chi connectivity index (χ0) is 63.3. The minimum Gasteiger partial charge on any atom is -0.394 e. The summed E-state index contributed by atoms with van der Waals surface area (Å²) in [5.41, 5.74) is 0. The molecule has 0 bridgehead atoms. The SMILES string of the molecule is CC(=O)N[C@H]1[C@@H](O[C@H]2[C@H](O)[C@@H](NC(C)=O)CO[C@@H]2CO)O[C@H](CO)[C@@H](O[C@@H]2O[C@H](CO[C@H]3O[C@H](CO)[C@@H](O)[C@H](O)[C@@H]3O[C@@H]3O[C@H](CO)[C@@H](O[C@@H]4O[C@H](CO)[C@H](O)[C@H](O)[C@H]4O)[C@H](O)[C@H]3NC(C)=O)[C@@H](O)[C@H](O[C@H]3O[C@H](CO)[C@@H](O)[C@H](O)[C@@H]3O)[C@@H]2O)[C@@H]1O. The lowest BCUT2D eigenvalue weighted by atomic mass is 9.94. The first-order valence-corrected chi connectivity index (χ1v) is 27.5. The van der Waals surface area contributed by atoms with E-state index in [1.165, 1.54) is 0 Å². The number of carbonyl (C=O) groups excluding carboxylic acids is 3. The van der Waals surface area contributed by atoms with Crippen molar-refractivity contribution in [1.82, 2.24) is 16.0 Å². The van der Waals surface area contributed by atoms with E-state index in [4.69, 9.17) is 61.6 Å². The maximum atomic E-state index is 12.7. The van der Waals surface area contributed by atoms with Gasteiger partial charge in [-0.2, -0.15) is 0 Å². The van der Waals surface area contributed by atoms with E-state index in [-0.39, 0.29) is 6.61 Å². The third-order valence-corrected chi connectivity index (χ3v) is 15.7. The van der Waals surface area contributed by atoms with Crippen molar-refractivity contribution >= 4 is 17.7 Å². The topological polar surface area (TPSA) is 592 Å². The summed E-state index contributed by atoms with van der Waals surface area (Å²) in [6.45, 7) is -3.87. The van der Waals surface area contributed by atoms with Gasteiger partial charge in [-0.15, -0.1) is 0 Å². The fraction of sp³-hybridized carbons (Fsp3) is 0.938. The predicted octanol–water partition coefficient (Wildman–Crippen LogP) is -15.2. The van der Waals surface area contributed by atoms with Crippen molar-refractivity contribution in [3.05, 3.63) is 0 Å². The second-order valence-corrected chi connectivity index (χ2v) is 21.7. The molecule has 3 amide bonds. The second-order valence-electron chi connectivity index (χ2n) is 21.7. The van der Waals surface area contributed by atoms with Crippen LogP contribution in [0.5, 0.6) is 0 Å². The smallest absolute Gasteiger partial charge is 0.217 e. The predicted molar refractivity (Wildman–Crippen MR) is 265 cm³/mol. The first kappa shape index (κ1) is 70.6. The van der Waals surface area contributed by atoms with Crippen LogP contribution in [0.1, 0.15) is 20.8 Å². The molecule has 0 spiro atoms. The normalized spacial score (nSPS) is 48.5. The Balaban J connectivity index is 1.16. The molecule has 22 N–H and O–H groups in total. The number of rotatable bonds is 22. The van der Waals surface area contributed by atoms with Gasteiger partial charge >= 0.3 is 0 Å². The van der Waals surface area contributed by atoms with E-state index in [0.29, 0.717) is 0 Å². The zero-order valence-electron chi connectivity index (χ0n) is 46.3. The van der Waals surface area contributed by atoms with E-state index in [1.807, 2.05) is 0 Å². The van der Waals surface area contributed by atoms with Crippen LogP contribution in [0.2, 0.25) is 0 Å². The fourth-order valence-electron chi connectivity index (χ4n) is 11.0. The lowest BCUT2D eigenvalue weighted by Gasteiger charge is -2.50. The molecule has 0 aromatic carbocycles. The van der Waals surface area contributed by atoms with Gasteiger partial charge in [-0.1, -0.05) is 0 Å². The van der Waals surface area contributed by atoms with Crippen LogP contribution in [0.25, 0.3) is 0 Å². The van der Waals surface area contributed by atoms with Crippen LogP contribution in [-0.2, 0) is 76.0 Å². The molecule has 0 aromatic heterocycles. The van der Waals surface area contributed by atoms with Gasteiger partial charge in [0, 0.05) is 20.8 Å². The highest BCUT2D eigenvalue weighted by atomic mass is 16.8. The van der Waals surface area contributed by atoms with Crippen LogP contribution < -0.4 is 16.0 Å². The average Bonchev–Trinajstić information content (AvgIpc) is 3.49. The van der Waals surface area contributed by atoms with E-state index >= 15 is 0 Å². The van der Waals surface area contributed by atoms with Crippen LogP contribution >= 0.6 is 0 Å². The molecule has 0 saturated carbocycles. The maximum Gasteiger partial charge on any atom is 0.217 e. The van der Waals surface area contributed by atoms with Crippen molar-refractivity contribution in [2.24, 2.45) is 0 Å². The first-order chi connectivity index (χ1) is 40.7. The quantitative estimate of drug-likeness (QED) is 0.0479. The highest BCUT2D eigenvalue weighted by Crippen LogP contribution is 2.37. The Labute approximate surface area is 488 Å². The van der Waals surface area contributed by atoms with Crippen LogP contribution in [0.15, 0.2) is 0 Å². The van der Waals surface area contributed by atoms with Gasteiger partial charge in [0.05, 0.1) is 58.9 Å². The van der Waals surface area contributed by atoms with Gasteiger partial charge in [-0.25, -0.2) is 0 Å². The fourth-order valence-corrected chi connectivity index (χ4v) is 11.0. The number of aliphatic hydroxyl groups is 19. The number of ether oxygens (including phenoxy) is 13. The van der Waals surface area contributed by atoms with Crippen LogP contribution in [0.3, 0.4) is 0 Å². The van der Waals surface area contributed by atoms with Gasteiger partial charge < -0.3 is 175 Å². The maximum absolute atomic E-state index is 12.7. The Kier molecular flexibility index (Phi) is 25.4. The van der Waals surface area contributed by atoms with Crippen molar-refractivity contribution in [2.45, 2.75) is 229 Å². The lowest BCUT2D eigenvalue weighted by molar-refractivity contribution is -0.388. The Bertz CT molecular complexity index is 2150. The molecular weight excluding hydrogens is 1180 g/mol. The second kappa shape index (κ2) is 31.0. The van der Waals surface area contributed by atoms with E-state index in [0.717, 1.165) is 20.8 Å². The summed E-state index contributed by atoms with van der Waals surface area (Å²) in [7, 11) is 0. The van der Waals surface area contributed by atoms with Gasteiger partial charge in [0.1, 0.15) is 165 Å². The molecule has 7 rings (SSSR count). The number of nitrogens with one attached hydrogen (secondary N) is 3. The lowest BCUT2D eigenvalue weighted by Crippen LogP contribution is -2.70. The first-order valence-electron chi connectivity index (χ1n) is 27.5. The molecule has 0 aliphatic carbocycles. The number of hydrogen-bond acceptors (Lipinski definition) is 35. The summed E-state index contributed by atoms with van der Waals surface area (Å²) in [4.78, 5) is 37.3. The van der Waals surface area contributed by atoms with Crippen molar-refractivity contribution < 1.29 is 173 Å². The zero-order valence-corrected chi connectivity index (χ0v) is 46.3. The number of hydrogen-bond donors (Lipinski definition) is 22. The number of amides is 3. The largest absolute Gasteiger partial charge is 0.394 e. The van der Waals surface area contributed by atoms with Crippen molar-refractivity contribution in [2.75, 3.05) is 52.9 Å². The molecule has 498 valence electrons. The molecule has 34 atom stereocenters. The molecule has 7 fully saturated rings. The third kappa shape index (κ3) is 15.5. The molecule has 0 aromatic rings. The van der Waals surface area contributed by atoms with Crippen LogP contribution in [0.4, 0.5) is 0 Å². The Morgan fingerprint density at radius 2 is 0.686 bits per heavy atom.